The van der Waals surface area contributed by atoms with Gasteiger partial charge < -0.3 is 14.7 Å². The van der Waals surface area contributed by atoms with Crippen molar-refractivity contribution in [3.05, 3.63) is 54.2 Å². The van der Waals surface area contributed by atoms with Gasteiger partial charge in [-0.2, -0.15) is 0 Å². The van der Waals surface area contributed by atoms with Crippen molar-refractivity contribution in [3.8, 4) is 5.75 Å². The molecule has 1 aliphatic heterocycles. The number of sulfonamides is 1. The van der Waals surface area contributed by atoms with E-state index < -0.39 is 10.0 Å². The summed E-state index contributed by atoms with van der Waals surface area (Å²) in [4.78, 5) is 6.29. The molecule has 168 valence electrons. The van der Waals surface area contributed by atoms with Gasteiger partial charge in [0.25, 0.3) is 0 Å². The van der Waals surface area contributed by atoms with E-state index in [2.05, 4.69) is 34.0 Å². The minimum absolute atomic E-state index is 0.0934. The van der Waals surface area contributed by atoms with E-state index in [0.717, 1.165) is 25.7 Å². The number of nitrogens with zero attached hydrogens (tertiary/aromatic N) is 2. The second-order valence-electron chi connectivity index (χ2n) is 8.61. The Morgan fingerprint density at radius 1 is 1.10 bits per heavy atom. The van der Waals surface area contributed by atoms with Crippen molar-refractivity contribution >= 4 is 15.8 Å². The van der Waals surface area contributed by atoms with Gasteiger partial charge >= 0.3 is 0 Å². The molecule has 0 bridgehead atoms. The lowest BCUT2D eigenvalue weighted by Crippen LogP contribution is -2.48. The average molecular weight is 446 g/mol. The Balaban J connectivity index is 1.40. The van der Waals surface area contributed by atoms with E-state index >= 15 is 0 Å². The molecular weight excluding hydrogens is 414 g/mol. The van der Waals surface area contributed by atoms with Crippen LogP contribution in [0.3, 0.4) is 0 Å². The van der Waals surface area contributed by atoms with Crippen molar-refractivity contribution < 1.29 is 18.3 Å². The number of aromatic nitrogens is 1. The predicted molar refractivity (Wildman–Crippen MR) is 121 cm³/mol. The number of anilines is 1. The van der Waals surface area contributed by atoms with Crippen LogP contribution in [0.4, 0.5) is 5.82 Å². The Morgan fingerprint density at radius 3 is 2.52 bits per heavy atom. The molecule has 1 saturated carbocycles. The molecule has 0 radical (unpaired) electrons. The molecule has 1 saturated heterocycles. The zero-order valence-electron chi connectivity index (χ0n) is 17.9. The molecule has 7 nitrogen and oxygen atoms in total. The molecule has 1 aromatic heterocycles. The molecule has 0 amide bonds. The first-order valence-electron chi connectivity index (χ1n) is 10.9. The smallest absolute Gasteiger partial charge is 0.209 e. The molecule has 2 N–H and O–H groups in total. The molecular formula is C23H31N3O4S. The Bertz CT molecular complexity index is 962. The molecule has 2 aromatic rings. The van der Waals surface area contributed by atoms with Crippen LogP contribution in [-0.2, 0) is 14.8 Å². The van der Waals surface area contributed by atoms with E-state index in [1.807, 2.05) is 11.0 Å². The number of aromatic hydroxyl groups is 1. The molecule has 1 aromatic carbocycles. The summed E-state index contributed by atoms with van der Waals surface area (Å²) in [5.74, 6) is 1.15. The summed E-state index contributed by atoms with van der Waals surface area (Å²) in [6, 6.07) is 13.4. The van der Waals surface area contributed by atoms with Crippen molar-refractivity contribution in [3.63, 3.8) is 0 Å². The highest BCUT2D eigenvalue weighted by atomic mass is 32.2. The number of ether oxygens (including phenoxy) is 1. The first kappa shape index (κ1) is 22.0. The first-order chi connectivity index (χ1) is 14.9. The lowest BCUT2D eigenvalue weighted by atomic mass is 9.83. The number of nitrogens with one attached hydrogen (secondary N) is 1. The van der Waals surface area contributed by atoms with Gasteiger partial charge in [-0.15, -0.1) is 0 Å². The summed E-state index contributed by atoms with van der Waals surface area (Å²) in [6.45, 7) is 0.996. The minimum atomic E-state index is -3.35. The van der Waals surface area contributed by atoms with Crippen LogP contribution >= 0.6 is 0 Å². The second kappa shape index (κ2) is 9.54. The Kier molecular flexibility index (Phi) is 6.79. The number of rotatable bonds is 7. The minimum Gasteiger partial charge on any atom is -0.504 e. The number of benzene rings is 1. The van der Waals surface area contributed by atoms with Crippen molar-refractivity contribution in [1.82, 2.24) is 9.71 Å². The summed E-state index contributed by atoms with van der Waals surface area (Å²) in [6.07, 6.45) is 7.78. The van der Waals surface area contributed by atoms with Crippen molar-refractivity contribution in [2.45, 2.75) is 56.2 Å². The topological polar surface area (TPSA) is 91.8 Å². The number of hydrogen-bond acceptors (Lipinski definition) is 6. The van der Waals surface area contributed by atoms with Crippen LogP contribution in [0.15, 0.2) is 48.7 Å². The van der Waals surface area contributed by atoms with E-state index in [4.69, 9.17) is 4.74 Å². The monoisotopic (exact) mass is 445 g/mol. The lowest BCUT2D eigenvalue weighted by Gasteiger charge is -2.33. The van der Waals surface area contributed by atoms with Crippen LogP contribution in [-0.4, -0.2) is 56.1 Å². The van der Waals surface area contributed by atoms with Crippen LogP contribution in [0.5, 0.6) is 5.75 Å². The van der Waals surface area contributed by atoms with E-state index in [1.165, 1.54) is 11.8 Å². The Labute approximate surface area is 184 Å². The summed E-state index contributed by atoms with van der Waals surface area (Å²) >= 11 is 0. The maximum Gasteiger partial charge on any atom is 0.209 e. The third-order valence-corrected chi connectivity index (χ3v) is 7.13. The van der Waals surface area contributed by atoms with Gasteiger partial charge in [0.05, 0.1) is 25.0 Å². The molecule has 1 aliphatic carbocycles. The molecule has 31 heavy (non-hydrogen) atoms. The highest BCUT2D eigenvalue weighted by Gasteiger charge is 2.38. The molecule has 2 atom stereocenters. The largest absolute Gasteiger partial charge is 0.504 e. The molecule has 4 rings (SSSR count). The highest BCUT2D eigenvalue weighted by molar-refractivity contribution is 7.88. The molecule has 0 spiro atoms. The SMILES string of the molecule is CS(=O)(=O)N[C@H]1CCN(c2ncccc2O)[C@H]1CO[C@H]1CC[C@@H](c2ccccc2)CC1. The van der Waals surface area contributed by atoms with Gasteiger partial charge in [0.15, 0.2) is 11.6 Å². The van der Waals surface area contributed by atoms with Crippen LogP contribution in [0.1, 0.15) is 43.6 Å². The zero-order valence-corrected chi connectivity index (χ0v) is 18.7. The average Bonchev–Trinajstić information content (AvgIpc) is 3.14. The summed E-state index contributed by atoms with van der Waals surface area (Å²) in [5, 5.41) is 10.3. The van der Waals surface area contributed by atoms with E-state index in [0.29, 0.717) is 31.3 Å². The maximum absolute atomic E-state index is 11.9. The quantitative estimate of drug-likeness (QED) is 0.681. The number of hydrogen-bond donors (Lipinski definition) is 2. The third-order valence-electron chi connectivity index (χ3n) is 6.40. The van der Waals surface area contributed by atoms with E-state index in [-0.39, 0.29) is 23.9 Å². The molecule has 2 fully saturated rings. The predicted octanol–water partition coefficient (Wildman–Crippen LogP) is 3.03. The van der Waals surface area contributed by atoms with Crippen molar-refractivity contribution in [2.75, 3.05) is 24.3 Å². The van der Waals surface area contributed by atoms with Gasteiger partial charge in [-0.3, -0.25) is 0 Å². The normalized spacial score (nSPS) is 26.8. The molecule has 2 heterocycles. The standard InChI is InChI=1S/C23H31N3O4S/c1-31(28,29)25-20-13-15-26(23-22(27)8-5-14-24-23)21(20)16-30-19-11-9-18(10-12-19)17-6-3-2-4-7-17/h2-8,14,18-21,25,27H,9-13,15-16H2,1H3/t18-,19+,20-,21-/m0/s1. The number of pyridine rings is 1. The Morgan fingerprint density at radius 2 is 1.84 bits per heavy atom. The van der Waals surface area contributed by atoms with E-state index in [9.17, 15) is 13.5 Å². The molecule has 2 aliphatic rings. The van der Waals surface area contributed by atoms with Gasteiger partial charge in [-0.1, -0.05) is 30.3 Å². The van der Waals surface area contributed by atoms with Crippen molar-refractivity contribution in [1.29, 1.82) is 0 Å². The molecule has 8 heteroatoms. The van der Waals surface area contributed by atoms with Gasteiger partial charge in [0.1, 0.15) is 0 Å². The van der Waals surface area contributed by atoms with Crippen LogP contribution in [0.25, 0.3) is 0 Å². The summed E-state index contributed by atoms with van der Waals surface area (Å²) < 4.78 is 32.8. The van der Waals surface area contributed by atoms with Crippen molar-refractivity contribution in [2.24, 2.45) is 0 Å². The molecule has 0 unspecified atom stereocenters. The highest BCUT2D eigenvalue weighted by Crippen LogP contribution is 2.35. The zero-order chi connectivity index (χ0) is 21.8. The summed E-state index contributed by atoms with van der Waals surface area (Å²) in [7, 11) is -3.35. The first-order valence-corrected chi connectivity index (χ1v) is 12.8. The maximum atomic E-state index is 11.9. The van der Waals surface area contributed by atoms with Crippen LogP contribution < -0.4 is 9.62 Å². The summed E-state index contributed by atoms with van der Waals surface area (Å²) in [5.41, 5.74) is 1.39. The fraction of sp³-hybridized carbons (Fsp3) is 0.522. The Hall–Kier alpha value is -2.16. The van der Waals surface area contributed by atoms with Crippen LogP contribution in [0.2, 0.25) is 0 Å². The van der Waals surface area contributed by atoms with Gasteiger partial charge in [0.2, 0.25) is 10.0 Å². The third kappa shape index (κ3) is 5.56. The fourth-order valence-corrected chi connectivity index (χ4v) is 5.69. The second-order valence-corrected chi connectivity index (χ2v) is 10.4. The van der Waals surface area contributed by atoms with Gasteiger partial charge in [-0.25, -0.2) is 18.1 Å². The van der Waals surface area contributed by atoms with E-state index in [1.54, 1.807) is 18.3 Å². The van der Waals surface area contributed by atoms with Crippen LogP contribution in [0, 0.1) is 0 Å². The van der Waals surface area contributed by atoms with Gasteiger partial charge in [0, 0.05) is 18.8 Å². The lowest BCUT2D eigenvalue weighted by molar-refractivity contribution is 0.0156. The van der Waals surface area contributed by atoms with Gasteiger partial charge in [-0.05, 0) is 55.7 Å². The fourth-order valence-electron chi connectivity index (χ4n) is 4.87.